The van der Waals surface area contributed by atoms with Crippen molar-refractivity contribution in [2.75, 3.05) is 18.0 Å². The van der Waals surface area contributed by atoms with Gasteiger partial charge in [0.15, 0.2) is 0 Å². The van der Waals surface area contributed by atoms with Gasteiger partial charge in [0.05, 0.1) is 5.54 Å². The fourth-order valence-electron chi connectivity index (χ4n) is 4.82. The van der Waals surface area contributed by atoms with Crippen LogP contribution < -0.4 is 4.90 Å². The Labute approximate surface area is 153 Å². The van der Waals surface area contributed by atoms with Crippen LogP contribution >= 0.6 is 0 Å². The van der Waals surface area contributed by atoms with E-state index < -0.39 is 0 Å². The summed E-state index contributed by atoms with van der Waals surface area (Å²) in [6, 6.07) is 8.52. The number of halogens is 1. The van der Waals surface area contributed by atoms with Crippen molar-refractivity contribution < 1.29 is 9.18 Å². The number of likely N-dealkylation sites (tertiary alicyclic amines) is 1. The first kappa shape index (κ1) is 17.1. The second-order valence-electron chi connectivity index (χ2n) is 8.21. The smallest absolute Gasteiger partial charge is 0.274 e. The SMILES string of the molecule is Cn1ccc(C(=O)N2CCCC23CN(c2cccc(F)c2)C(C)(C)C3)n1. The van der Waals surface area contributed by atoms with E-state index in [1.165, 1.54) is 6.07 Å². The molecule has 1 spiro atoms. The summed E-state index contributed by atoms with van der Waals surface area (Å²) in [4.78, 5) is 17.4. The van der Waals surface area contributed by atoms with Crippen molar-refractivity contribution in [3.8, 4) is 0 Å². The van der Waals surface area contributed by atoms with Crippen molar-refractivity contribution in [1.82, 2.24) is 14.7 Å². The molecule has 26 heavy (non-hydrogen) atoms. The van der Waals surface area contributed by atoms with Gasteiger partial charge < -0.3 is 9.80 Å². The van der Waals surface area contributed by atoms with E-state index in [9.17, 15) is 9.18 Å². The van der Waals surface area contributed by atoms with Crippen LogP contribution in [0.4, 0.5) is 10.1 Å². The molecule has 5 nitrogen and oxygen atoms in total. The summed E-state index contributed by atoms with van der Waals surface area (Å²) in [7, 11) is 1.82. The van der Waals surface area contributed by atoms with Gasteiger partial charge in [-0.15, -0.1) is 0 Å². The predicted octanol–water partition coefficient (Wildman–Crippen LogP) is 3.22. The maximum Gasteiger partial charge on any atom is 0.274 e. The molecule has 1 atom stereocenters. The highest BCUT2D eigenvalue weighted by molar-refractivity contribution is 5.93. The molecule has 0 aliphatic carbocycles. The molecule has 2 aliphatic heterocycles. The van der Waals surface area contributed by atoms with Crippen LogP contribution in [-0.4, -0.2) is 44.8 Å². The third-order valence-electron chi connectivity index (χ3n) is 5.84. The zero-order chi connectivity index (χ0) is 18.5. The molecule has 0 saturated carbocycles. The minimum Gasteiger partial charge on any atom is -0.364 e. The van der Waals surface area contributed by atoms with E-state index in [-0.39, 0.29) is 22.8 Å². The van der Waals surface area contributed by atoms with Gasteiger partial charge in [0.1, 0.15) is 11.5 Å². The molecule has 6 heteroatoms. The summed E-state index contributed by atoms with van der Waals surface area (Å²) in [5.41, 5.74) is 1.00. The Morgan fingerprint density at radius 1 is 1.27 bits per heavy atom. The van der Waals surface area contributed by atoms with E-state index >= 15 is 0 Å². The second kappa shape index (κ2) is 5.83. The Morgan fingerprint density at radius 2 is 2.08 bits per heavy atom. The average molecular weight is 356 g/mol. The molecule has 0 N–H and O–H groups in total. The van der Waals surface area contributed by atoms with E-state index in [0.717, 1.165) is 38.0 Å². The Kier molecular flexibility index (Phi) is 3.82. The molecule has 2 aliphatic rings. The number of aryl methyl sites for hydroxylation is 1. The lowest BCUT2D eigenvalue weighted by molar-refractivity contribution is 0.0610. The Hall–Kier alpha value is -2.37. The summed E-state index contributed by atoms with van der Waals surface area (Å²) in [6.07, 6.45) is 4.63. The highest BCUT2D eigenvalue weighted by Gasteiger charge is 2.55. The monoisotopic (exact) mass is 356 g/mol. The number of hydrogen-bond acceptors (Lipinski definition) is 3. The fourth-order valence-corrected chi connectivity index (χ4v) is 4.82. The first-order valence-corrected chi connectivity index (χ1v) is 9.16. The number of carbonyl (C=O) groups is 1. The minimum absolute atomic E-state index is 0.00000719. The number of aromatic nitrogens is 2. The lowest BCUT2D eigenvalue weighted by Crippen LogP contribution is -2.49. The molecule has 2 fully saturated rings. The molecule has 2 saturated heterocycles. The average Bonchev–Trinajstić information content (AvgIpc) is 3.25. The first-order valence-electron chi connectivity index (χ1n) is 9.16. The van der Waals surface area contributed by atoms with Crippen LogP contribution in [0.1, 0.15) is 43.6 Å². The molecule has 0 radical (unpaired) electrons. The number of amides is 1. The highest BCUT2D eigenvalue weighted by atomic mass is 19.1. The van der Waals surface area contributed by atoms with Gasteiger partial charge in [-0.1, -0.05) is 6.07 Å². The second-order valence-corrected chi connectivity index (χ2v) is 8.21. The third kappa shape index (κ3) is 2.68. The van der Waals surface area contributed by atoms with Crippen molar-refractivity contribution in [3.05, 3.63) is 48.0 Å². The molecular weight excluding hydrogens is 331 g/mol. The molecule has 138 valence electrons. The lowest BCUT2D eigenvalue weighted by atomic mass is 9.87. The lowest BCUT2D eigenvalue weighted by Gasteiger charge is -2.35. The quantitative estimate of drug-likeness (QED) is 0.830. The van der Waals surface area contributed by atoms with Crippen molar-refractivity contribution in [2.45, 2.75) is 44.2 Å². The summed E-state index contributed by atoms with van der Waals surface area (Å²) in [6.45, 7) is 5.83. The largest absolute Gasteiger partial charge is 0.364 e. The van der Waals surface area contributed by atoms with Crippen LogP contribution in [-0.2, 0) is 7.05 Å². The van der Waals surface area contributed by atoms with Gasteiger partial charge in [0, 0.05) is 37.6 Å². The first-order chi connectivity index (χ1) is 12.3. The maximum absolute atomic E-state index is 13.8. The zero-order valence-corrected chi connectivity index (χ0v) is 15.6. The summed E-state index contributed by atoms with van der Waals surface area (Å²) in [5.74, 6) is -0.230. The predicted molar refractivity (Wildman–Crippen MR) is 98.7 cm³/mol. The van der Waals surface area contributed by atoms with Gasteiger partial charge in [-0.3, -0.25) is 9.48 Å². The summed E-state index contributed by atoms with van der Waals surface area (Å²) >= 11 is 0. The number of hydrogen-bond donors (Lipinski definition) is 0. The van der Waals surface area contributed by atoms with Gasteiger partial charge in [-0.05, 0) is 57.4 Å². The number of carbonyl (C=O) groups excluding carboxylic acids is 1. The molecule has 1 aromatic carbocycles. The van der Waals surface area contributed by atoms with Crippen LogP contribution in [0, 0.1) is 5.82 Å². The van der Waals surface area contributed by atoms with E-state index in [1.807, 2.05) is 18.0 Å². The van der Waals surface area contributed by atoms with Gasteiger partial charge in [0.25, 0.3) is 5.91 Å². The topological polar surface area (TPSA) is 41.4 Å². The number of nitrogens with zero attached hydrogens (tertiary/aromatic N) is 4. The normalized spacial score (nSPS) is 24.6. The summed E-state index contributed by atoms with van der Waals surface area (Å²) < 4.78 is 15.4. The minimum atomic E-state index is -0.230. The standard InChI is InChI=1S/C20H25FN4O/c1-19(2)13-20(14-25(19)16-7-4-6-15(21)12-16)9-5-10-24(20)18(26)17-8-11-23(3)22-17/h4,6-8,11-12H,5,9-10,13-14H2,1-3H3. The van der Waals surface area contributed by atoms with Gasteiger partial charge in [-0.2, -0.15) is 5.10 Å². The molecule has 1 unspecified atom stereocenters. The third-order valence-corrected chi connectivity index (χ3v) is 5.84. The molecule has 0 bridgehead atoms. The zero-order valence-electron chi connectivity index (χ0n) is 15.6. The van der Waals surface area contributed by atoms with Crippen molar-refractivity contribution in [3.63, 3.8) is 0 Å². The van der Waals surface area contributed by atoms with E-state index in [2.05, 4.69) is 23.8 Å². The van der Waals surface area contributed by atoms with Gasteiger partial charge >= 0.3 is 0 Å². The van der Waals surface area contributed by atoms with Gasteiger partial charge in [-0.25, -0.2) is 4.39 Å². The molecule has 1 aromatic heterocycles. The van der Waals surface area contributed by atoms with Crippen LogP contribution in [0.25, 0.3) is 0 Å². The number of anilines is 1. The molecular formula is C20H25FN4O. The number of rotatable bonds is 2. The van der Waals surface area contributed by atoms with Crippen LogP contribution in [0.5, 0.6) is 0 Å². The molecule has 3 heterocycles. The van der Waals surface area contributed by atoms with Crippen LogP contribution in [0.15, 0.2) is 36.5 Å². The Balaban J connectivity index is 1.66. The van der Waals surface area contributed by atoms with E-state index in [0.29, 0.717) is 5.69 Å². The van der Waals surface area contributed by atoms with E-state index in [1.54, 1.807) is 29.1 Å². The molecule has 2 aromatic rings. The number of benzene rings is 1. The van der Waals surface area contributed by atoms with Crippen LogP contribution in [0.3, 0.4) is 0 Å². The maximum atomic E-state index is 13.8. The van der Waals surface area contributed by atoms with Crippen molar-refractivity contribution in [2.24, 2.45) is 7.05 Å². The molecule has 1 amide bonds. The highest BCUT2D eigenvalue weighted by Crippen LogP contribution is 2.47. The van der Waals surface area contributed by atoms with Crippen molar-refractivity contribution in [1.29, 1.82) is 0 Å². The summed E-state index contributed by atoms with van der Waals surface area (Å²) in [5, 5.41) is 4.30. The van der Waals surface area contributed by atoms with Gasteiger partial charge in [0.2, 0.25) is 0 Å². The van der Waals surface area contributed by atoms with Crippen molar-refractivity contribution >= 4 is 11.6 Å². The van der Waals surface area contributed by atoms with E-state index in [4.69, 9.17) is 0 Å². The molecule has 4 rings (SSSR count). The van der Waals surface area contributed by atoms with Crippen LogP contribution in [0.2, 0.25) is 0 Å². The Morgan fingerprint density at radius 3 is 2.77 bits per heavy atom. The Bertz CT molecular complexity index is 846. The fraction of sp³-hybridized carbons (Fsp3) is 0.500.